The first-order chi connectivity index (χ1) is 11.9. The Kier molecular flexibility index (Phi) is 4.00. The lowest BCUT2D eigenvalue weighted by Gasteiger charge is -2.38. The third kappa shape index (κ3) is 2.72. The van der Waals surface area contributed by atoms with Crippen molar-refractivity contribution in [3.63, 3.8) is 0 Å². The van der Waals surface area contributed by atoms with Crippen molar-refractivity contribution in [2.24, 2.45) is 0 Å². The molecule has 6 heteroatoms. The minimum absolute atomic E-state index is 0.0308. The smallest absolute Gasteiger partial charge is 0.296 e. The molecule has 1 aliphatic carbocycles. The Bertz CT molecular complexity index is 877. The highest BCUT2D eigenvalue weighted by Gasteiger charge is 2.53. The van der Waals surface area contributed by atoms with Crippen LogP contribution >= 0.6 is 0 Å². The fourth-order valence-corrected chi connectivity index (χ4v) is 5.19. The second-order valence-corrected chi connectivity index (χ2v) is 8.90. The summed E-state index contributed by atoms with van der Waals surface area (Å²) in [5.41, 5.74) is 1.72. The molecule has 2 heterocycles. The number of nitrogens with zero attached hydrogens (tertiary/aromatic N) is 1. The van der Waals surface area contributed by atoms with Crippen LogP contribution in [0.2, 0.25) is 0 Å². The molecule has 1 fully saturated rings. The predicted molar refractivity (Wildman–Crippen MR) is 93.1 cm³/mol. The van der Waals surface area contributed by atoms with Crippen LogP contribution in [-0.2, 0) is 19.7 Å². The monoisotopic (exact) mass is 361 g/mol. The molecule has 0 saturated heterocycles. The van der Waals surface area contributed by atoms with E-state index in [1.165, 1.54) is 6.42 Å². The van der Waals surface area contributed by atoms with Gasteiger partial charge in [0.15, 0.2) is 0 Å². The lowest BCUT2D eigenvalue weighted by Crippen LogP contribution is -2.37. The lowest BCUT2D eigenvalue weighted by molar-refractivity contribution is 0.149. The molecule has 0 radical (unpaired) electrons. The summed E-state index contributed by atoms with van der Waals surface area (Å²) in [7, 11) is -3.77. The summed E-state index contributed by atoms with van der Waals surface area (Å²) >= 11 is 0. The van der Waals surface area contributed by atoms with Crippen LogP contribution in [0.5, 0.6) is 0 Å². The predicted octanol–water partition coefficient (Wildman–Crippen LogP) is 4.00. The van der Waals surface area contributed by atoms with Gasteiger partial charge in [0.2, 0.25) is 5.89 Å². The van der Waals surface area contributed by atoms with Crippen LogP contribution in [0.15, 0.2) is 33.6 Å². The number of hydrogen-bond acceptors (Lipinski definition) is 5. The third-order valence-electron chi connectivity index (χ3n) is 5.70. The van der Waals surface area contributed by atoms with Gasteiger partial charge in [-0.05, 0) is 38.8 Å². The van der Waals surface area contributed by atoms with E-state index in [1.807, 2.05) is 13.8 Å². The van der Waals surface area contributed by atoms with Gasteiger partial charge < -0.3 is 4.42 Å². The highest BCUT2D eigenvalue weighted by molar-refractivity contribution is 7.86. The number of fused-ring (bicyclic) bond motifs is 3. The number of aromatic nitrogens is 1. The number of benzene rings is 1. The Balaban J connectivity index is 1.58. The van der Waals surface area contributed by atoms with Crippen LogP contribution in [0.4, 0.5) is 0 Å². The molecule has 25 heavy (non-hydrogen) atoms. The zero-order valence-electron chi connectivity index (χ0n) is 14.6. The number of rotatable bonds is 4. The molecule has 2 aromatic rings. The van der Waals surface area contributed by atoms with Crippen LogP contribution in [-0.4, -0.2) is 20.0 Å². The fourth-order valence-electron chi connectivity index (χ4n) is 4.27. The van der Waals surface area contributed by atoms with Crippen molar-refractivity contribution in [2.75, 3.05) is 6.61 Å². The van der Waals surface area contributed by atoms with Gasteiger partial charge in [-0.3, -0.25) is 4.18 Å². The molecule has 2 bridgehead atoms. The van der Waals surface area contributed by atoms with E-state index in [4.69, 9.17) is 8.60 Å². The maximum absolute atomic E-state index is 12.6. The molecule has 5 nitrogen and oxygen atoms in total. The molecule has 134 valence electrons. The number of hydrogen-bond donors (Lipinski definition) is 0. The molecular formula is C19H23NO4S. The zero-order chi connectivity index (χ0) is 17.7. The van der Waals surface area contributed by atoms with Crippen molar-refractivity contribution in [1.29, 1.82) is 0 Å². The Morgan fingerprint density at radius 3 is 2.52 bits per heavy atom. The van der Waals surface area contributed by atoms with E-state index in [0.29, 0.717) is 0 Å². The maximum Gasteiger partial charge on any atom is 0.296 e. The van der Waals surface area contributed by atoms with Crippen molar-refractivity contribution in [1.82, 2.24) is 4.98 Å². The van der Waals surface area contributed by atoms with Crippen molar-refractivity contribution in [2.45, 2.75) is 62.2 Å². The van der Waals surface area contributed by atoms with Gasteiger partial charge >= 0.3 is 0 Å². The van der Waals surface area contributed by atoms with Crippen molar-refractivity contribution >= 4 is 10.1 Å². The molecule has 0 amide bonds. The minimum Gasteiger partial charge on any atom is -0.445 e. The second kappa shape index (κ2) is 5.95. The van der Waals surface area contributed by atoms with Crippen LogP contribution < -0.4 is 0 Å². The van der Waals surface area contributed by atoms with Gasteiger partial charge in [0.05, 0.1) is 22.6 Å². The van der Waals surface area contributed by atoms with Crippen molar-refractivity contribution in [3.8, 4) is 0 Å². The molecule has 4 rings (SSSR count). The van der Waals surface area contributed by atoms with Gasteiger partial charge in [0.1, 0.15) is 5.76 Å². The van der Waals surface area contributed by atoms with Gasteiger partial charge in [0.25, 0.3) is 10.1 Å². The summed E-state index contributed by atoms with van der Waals surface area (Å²) in [6, 6.07) is 6.74. The van der Waals surface area contributed by atoms with E-state index in [1.54, 1.807) is 24.3 Å². The first-order valence-electron chi connectivity index (χ1n) is 8.86. The normalized spacial score (nSPS) is 21.8. The van der Waals surface area contributed by atoms with E-state index in [-0.39, 0.29) is 22.8 Å². The van der Waals surface area contributed by atoms with Gasteiger partial charge in [-0.15, -0.1) is 0 Å². The summed E-state index contributed by atoms with van der Waals surface area (Å²) in [5, 5.41) is 0. The summed E-state index contributed by atoms with van der Waals surface area (Å²) in [5.74, 6) is 1.53. The van der Waals surface area contributed by atoms with Crippen LogP contribution in [0.1, 0.15) is 60.9 Å². The molecule has 1 saturated carbocycles. The minimum atomic E-state index is -3.77. The lowest BCUT2D eigenvalue weighted by atomic mass is 9.66. The molecule has 1 unspecified atom stereocenters. The summed E-state index contributed by atoms with van der Waals surface area (Å²) in [4.78, 5) is 4.82. The van der Waals surface area contributed by atoms with E-state index < -0.39 is 10.1 Å². The summed E-state index contributed by atoms with van der Waals surface area (Å²) in [6.07, 6.45) is 5.43. The number of oxazole rings is 1. The average Bonchev–Trinajstić information content (AvgIpc) is 3.10. The summed E-state index contributed by atoms with van der Waals surface area (Å²) < 4.78 is 36.4. The molecule has 1 aliphatic heterocycles. The summed E-state index contributed by atoms with van der Waals surface area (Å²) in [6.45, 7) is 3.94. The van der Waals surface area contributed by atoms with Crippen LogP contribution in [0, 0.1) is 13.8 Å². The van der Waals surface area contributed by atoms with Crippen LogP contribution in [0.25, 0.3) is 0 Å². The Hall–Kier alpha value is -1.66. The van der Waals surface area contributed by atoms with E-state index in [9.17, 15) is 8.42 Å². The van der Waals surface area contributed by atoms with Crippen LogP contribution in [0.3, 0.4) is 0 Å². The third-order valence-corrected chi connectivity index (χ3v) is 7.00. The highest BCUT2D eigenvalue weighted by Crippen LogP contribution is 2.54. The van der Waals surface area contributed by atoms with Gasteiger partial charge in [0, 0.05) is 5.92 Å². The second-order valence-electron chi connectivity index (χ2n) is 7.28. The molecule has 2 aliphatic rings. The molecular weight excluding hydrogens is 338 g/mol. The first-order valence-corrected chi connectivity index (χ1v) is 10.3. The maximum atomic E-state index is 12.6. The highest BCUT2D eigenvalue weighted by atomic mass is 32.2. The molecule has 1 atom stereocenters. The standard InChI is InChI=1S/C19H23NO4S/c1-13-6-8-15(9-7-13)25(21,22)23-12-16-17-14(2)24-18(20-17)19(16)10-4-3-5-11-19/h6-9,16H,3-5,10-12H2,1-2H3. The molecule has 1 spiro atoms. The van der Waals surface area contributed by atoms with Crippen molar-refractivity contribution < 1.29 is 17.0 Å². The topological polar surface area (TPSA) is 69.4 Å². The Labute approximate surface area is 148 Å². The fraction of sp³-hybridized carbons (Fsp3) is 0.526. The molecule has 0 N–H and O–H groups in total. The molecule has 1 aromatic carbocycles. The van der Waals surface area contributed by atoms with E-state index in [2.05, 4.69) is 4.98 Å². The quantitative estimate of drug-likeness (QED) is 0.770. The van der Waals surface area contributed by atoms with Gasteiger partial charge in [-0.25, -0.2) is 4.98 Å². The van der Waals surface area contributed by atoms with E-state index >= 15 is 0 Å². The van der Waals surface area contributed by atoms with Crippen molar-refractivity contribution in [3.05, 3.63) is 47.2 Å². The first kappa shape index (κ1) is 16.8. The molecule has 1 aromatic heterocycles. The number of aryl methyl sites for hydroxylation is 2. The SMILES string of the molecule is Cc1ccc(S(=O)(=O)OCC2c3nc(oc3C)C23CCCCC3)cc1. The largest absolute Gasteiger partial charge is 0.445 e. The van der Waals surface area contributed by atoms with E-state index in [0.717, 1.165) is 48.6 Å². The Morgan fingerprint density at radius 1 is 1.16 bits per heavy atom. The average molecular weight is 361 g/mol. The van der Waals surface area contributed by atoms with Gasteiger partial charge in [-0.2, -0.15) is 8.42 Å². The van der Waals surface area contributed by atoms with Gasteiger partial charge in [-0.1, -0.05) is 37.0 Å². The zero-order valence-corrected chi connectivity index (χ0v) is 15.4. The Morgan fingerprint density at radius 2 is 1.84 bits per heavy atom.